The molecule has 0 radical (unpaired) electrons. The van der Waals surface area contributed by atoms with Crippen LogP contribution in [0.3, 0.4) is 0 Å². The highest BCUT2D eigenvalue weighted by Gasteiger charge is 2.29. The van der Waals surface area contributed by atoms with Gasteiger partial charge in [0.15, 0.2) is 11.5 Å². The van der Waals surface area contributed by atoms with Gasteiger partial charge in [0.1, 0.15) is 0 Å². The predicted molar refractivity (Wildman–Crippen MR) is 112 cm³/mol. The van der Waals surface area contributed by atoms with Crippen LogP contribution in [0.5, 0.6) is 11.5 Å². The van der Waals surface area contributed by atoms with Crippen molar-refractivity contribution < 1.29 is 24.5 Å². The standard InChI is InChI=1S/C19H14Br2N2O5/c1-9-13(7-11-8-14(28-2)17(24)16(21)15(11)20)18(25)23(22-9)12-5-3-4-10(6-12)19(26)27/h3-8,24H,1-2H3,(H,26,27)/b13-7+. The third-order valence-electron chi connectivity index (χ3n) is 4.09. The zero-order chi connectivity index (χ0) is 20.6. The van der Waals surface area contributed by atoms with Crippen LogP contribution in [0.15, 0.2) is 50.0 Å². The zero-order valence-corrected chi connectivity index (χ0v) is 17.9. The second-order valence-corrected chi connectivity index (χ2v) is 7.45. The van der Waals surface area contributed by atoms with E-state index in [9.17, 15) is 14.7 Å². The SMILES string of the molecule is COc1cc(/C=C2/C(=O)N(c3cccc(C(=O)O)c3)N=C2C)c(Br)c(Br)c1O. The van der Waals surface area contributed by atoms with Gasteiger partial charge in [-0.15, -0.1) is 0 Å². The number of aromatic hydroxyl groups is 1. The van der Waals surface area contributed by atoms with Gasteiger partial charge in [-0.25, -0.2) is 4.79 Å². The van der Waals surface area contributed by atoms with E-state index in [1.54, 1.807) is 31.2 Å². The zero-order valence-electron chi connectivity index (χ0n) is 14.7. The summed E-state index contributed by atoms with van der Waals surface area (Å²) in [5.74, 6) is -1.30. The number of ether oxygens (including phenoxy) is 1. The van der Waals surface area contributed by atoms with E-state index in [4.69, 9.17) is 9.84 Å². The number of nitrogens with zero attached hydrogens (tertiary/aromatic N) is 2. The van der Waals surface area contributed by atoms with E-state index < -0.39 is 11.9 Å². The number of aromatic carboxylic acids is 1. The Morgan fingerprint density at radius 1 is 1.25 bits per heavy atom. The Bertz CT molecular complexity index is 1060. The Hall–Kier alpha value is -2.65. The lowest BCUT2D eigenvalue weighted by atomic mass is 10.1. The average Bonchev–Trinajstić information content (AvgIpc) is 2.96. The van der Waals surface area contributed by atoms with Crippen LogP contribution in [0.25, 0.3) is 6.08 Å². The van der Waals surface area contributed by atoms with Crippen molar-refractivity contribution >= 4 is 61.2 Å². The largest absolute Gasteiger partial charge is 0.503 e. The predicted octanol–water partition coefficient (Wildman–Crippen LogP) is 4.43. The number of methoxy groups -OCH3 is 1. The van der Waals surface area contributed by atoms with Gasteiger partial charge in [-0.2, -0.15) is 10.1 Å². The van der Waals surface area contributed by atoms with Crippen molar-refractivity contribution in [3.05, 3.63) is 56.0 Å². The van der Waals surface area contributed by atoms with Crippen LogP contribution in [0.1, 0.15) is 22.8 Å². The summed E-state index contributed by atoms with van der Waals surface area (Å²) in [6, 6.07) is 7.58. The molecular formula is C19H14Br2N2O5. The van der Waals surface area contributed by atoms with E-state index in [1.165, 1.54) is 19.2 Å². The summed E-state index contributed by atoms with van der Waals surface area (Å²) >= 11 is 6.67. The molecule has 2 N–H and O–H groups in total. The Morgan fingerprint density at radius 3 is 2.61 bits per heavy atom. The van der Waals surface area contributed by atoms with Gasteiger partial charge < -0.3 is 14.9 Å². The molecule has 3 rings (SSSR count). The van der Waals surface area contributed by atoms with Crippen LogP contribution >= 0.6 is 31.9 Å². The van der Waals surface area contributed by atoms with Gasteiger partial charge in [0.05, 0.1) is 34.1 Å². The van der Waals surface area contributed by atoms with Crippen molar-refractivity contribution in [3.8, 4) is 11.5 Å². The van der Waals surface area contributed by atoms with Crippen molar-refractivity contribution in [1.29, 1.82) is 0 Å². The molecule has 0 fully saturated rings. The van der Waals surface area contributed by atoms with Crippen LogP contribution in [0.4, 0.5) is 5.69 Å². The fourth-order valence-electron chi connectivity index (χ4n) is 2.66. The summed E-state index contributed by atoms with van der Waals surface area (Å²) in [6.07, 6.45) is 1.62. The van der Waals surface area contributed by atoms with E-state index in [0.29, 0.717) is 31.5 Å². The average molecular weight is 510 g/mol. The Morgan fingerprint density at radius 2 is 1.96 bits per heavy atom. The monoisotopic (exact) mass is 508 g/mol. The van der Waals surface area contributed by atoms with Crippen LogP contribution in [-0.4, -0.2) is 34.9 Å². The van der Waals surface area contributed by atoms with Crippen LogP contribution in [-0.2, 0) is 4.79 Å². The summed E-state index contributed by atoms with van der Waals surface area (Å²) in [5.41, 5.74) is 1.82. The number of phenols is 1. The number of carboxylic acid groups (broad SMARTS) is 1. The lowest BCUT2D eigenvalue weighted by molar-refractivity contribution is -0.114. The molecular weight excluding hydrogens is 496 g/mol. The molecule has 2 aromatic carbocycles. The van der Waals surface area contributed by atoms with Crippen LogP contribution < -0.4 is 9.75 Å². The van der Waals surface area contributed by atoms with Crippen molar-refractivity contribution in [1.82, 2.24) is 0 Å². The van der Waals surface area contributed by atoms with Crippen molar-refractivity contribution in [2.24, 2.45) is 5.10 Å². The topological polar surface area (TPSA) is 99.4 Å². The molecule has 0 aliphatic carbocycles. The fourth-order valence-corrected chi connectivity index (χ4v) is 3.50. The van der Waals surface area contributed by atoms with E-state index >= 15 is 0 Å². The molecule has 1 aliphatic heterocycles. The number of rotatable bonds is 4. The first-order valence-corrected chi connectivity index (χ1v) is 9.53. The maximum Gasteiger partial charge on any atom is 0.335 e. The Balaban J connectivity index is 2.03. The lowest BCUT2D eigenvalue weighted by Crippen LogP contribution is -2.21. The minimum Gasteiger partial charge on any atom is -0.503 e. The highest BCUT2D eigenvalue weighted by molar-refractivity contribution is 9.13. The maximum atomic E-state index is 12.9. The molecule has 28 heavy (non-hydrogen) atoms. The van der Waals surface area contributed by atoms with Crippen LogP contribution in [0.2, 0.25) is 0 Å². The first-order chi connectivity index (χ1) is 13.2. The first kappa shape index (κ1) is 20.1. The summed E-state index contributed by atoms with van der Waals surface area (Å²) in [7, 11) is 1.43. The molecule has 1 amide bonds. The number of carboxylic acids is 1. The molecule has 0 bridgehead atoms. The molecule has 9 heteroatoms. The van der Waals surface area contributed by atoms with Gasteiger partial charge in [-0.3, -0.25) is 4.79 Å². The maximum absolute atomic E-state index is 12.9. The summed E-state index contributed by atoms with van der Waals surface area (Å²) < 4.78 is 6.09. The second-order valence-electron chi connectivity index (χ2n) is 5.86. The number of hydrogen-bond acceptors (Lipinski definition) is 5. The quantitative estimate of drug-likeness (QED) is 0.594. The highest BCUT2D eigenvalue weighted by Crippen LogP contribution is 2.42. The van der Waals surface area contributed by atoms with Gasteiger partial charge in [-0.1, -0.05) is 6.07 Å². The minimum atomic E-state index is -1.09. The molecule has 0 unspecified atom stereocenters. The van der Waals surface area contributed by atoms with Gasteiger partial charge in [0.25, 0.3) is 5.91 Å². The molecule has 7 nitrogen and oxygen atoms in total. The first-order valence-electron chi connectivity index (χ1n) is 7.94. The molecule has 1 heterocycles. The van der Waals surface area contributed by atoms with Gasteiger partial charge >= 0.3 is 5.97 Å². The van der Waals surface area contributed by atoms with Crippen molar-refractivity contribution in [3.63, 3.8) is 0 Å². The number of phenolic OH excluding ortho intramolecular Hbond substituents is 1. The van der Waals surface area contributed by atoms with E-state index in [0.717, 1.165) is 5.01 Å². The number of carbonyl (C=O) groups excluding carboxylic acids is 1. The molecule has 144 valence electrons. The Kier molecular flexibility index (Phi) is 5.57. The van der Waals surface area contributed by atoms with E-state index in [-0.39, 0.29) is 17.1 Å². The van der Waals surface area contributed by atoms with Crippen molar-refractivity contribution in [2.45, 2.75) is 6.92 Å². The smallest absolute Gasteiger partial charge is 0.335 e. The molecule has 0 atom stereocenters. The summed E-state index contributed by atoms with van der Waals surface area (Å²) in [6.45, 7) is 1.69. The molecule has 2 aromatic rings. The molecule has 0 saturated heterocycles. The van der Waals surface area contributed by atoms with Crippen molar-refractivity contribution in [2.75, 3.05) is 12.1 Å². The second kappa shape index (κ2) is 7.76. The molecule has 0 saturated carbocycles. The number of halogens is 2. The molecule has 0 spiro atoms. The number of anilines is 1. The highest BCUT2D eigenvalue weighted by atomic mass is 79.9. The summed E-state index contributed by atoms with van der Waals surface area (Å²) in [5, 5.41) is 24.6. The van der Waals surface area contributed by atoms with Crippen LogP contribution in [0, 0.1) is 0 Å². The number of amides is 1. The fraction of sp³-hybridized carbons (Fsp3) is 0.105. The number of hydrazone groups is 1. The van der Waals surface area contributed by atoms with Gasteiger partial charge in [0.2, 0.25) is 0 Å². The number of benzene rings is 2. The van der Waals surface area contributed by atoms with Gasteiger partial charge in [0, 0.05) is 4.47 Å². The van der Waals surface area contributed by atoms with E-state index in [1.807, 2.05) is 0 Å². The van der Waals surface area contributed by atoms with Gasteiger partial charge in [-0.05, 0) is 74.7 Å². The lowest BCUT2D eigenvalue weighted by Gasteiger charge is -2.13. The molecule has 0 aromatic heterocycles. The third kappa shape index (κ3) is 3.55. The normalized spacial score (nSPS) is 15.1. The van der Waals surface area contributed by atoms with E-state index in [2.05, 4.69) is 37.0 Å². The number of hydrogen-bond donors (Lipinski definition) is 2. The minimum absolute atomic E-state index is 0.0607. The Labute approximate surface area is 177 Å². The molecule has 1 aliphatic rings. The third-order valence-corrected chi connectivity index (χ3v) is 6.25. The number of carbonyl (C=O) groups is 2. The summed E-state index contributed by atoms with van der Waals surface area (Å²) in [4.78, 5) is 24.1.